The van der Waals surface area contributed by atoms with E-state index in [0.29, 0.717) is 12.0 Å². The van der Waals surface area contributed by atoms with Crippen LogP contribution in [0.5, 0.6) is 0 Å². The summed E-state index contributed by atoms with van der Waals surface area (Å²) in [6.45, 7) is 4.22. The minimum atomic E-state index is 0.457. The van der Waals surface area contributed by atoms with E-state index in [0.717, 1.165) is 27.2 Å². The lowest BCUT2D eigenvalue weighted by molar-refractivity contribution is 0.461. The van der Waals surface area contributed by atoms with Crippen molar-refractivity contribution >= 4 is 33.4 Å². The van der Waals surface area contributed by atoms with Gasteiger partial charge in [0, 0.05) is 27.8 Å². The van der Waals surface area contributed by atoms with E-state index in [1.54, 1.807) is 0 Å². The topological polar surface area (TPSA) is 49.8 Å². The minimum absolute atomic E-state index is 0.457. The number of halogens is 1. The maximum absolute atomic E-state index is 4.83. The maximum Gasteiger partial charge on any atom is 0.225 e. The predicted molar refractivity (Wildman–Crippen MR) is 125 cm³/mol. The van der Waals surface area contributed by atoms with Crippen molar-refractivity contribution in [2.75, 3.05) is 10.6 Å². The third kappa shape index (κ3) is 4.96. The molecule has 0 amide bonds. The average molecular weight is 451 g/mol. The van der Waals surface area contributed by atoms with Gasteiger partial charge in [-0.15, -0.1) is 0 Å². The Morgan fingerprint density at radius 1 is 0.897 bits per heavy atom. The van der Waals surface area contributed by atoms with Crippen molar-refractivity contribution in [3.05, 3.63) is 64.1 Å². The Morgan fingerprint density at radius 2 is 1.59 bits per heavy atom. The number of aromatic nitrogens is 2. The van der Waals surface area contributed by atoms with Crippen molar-refractivity contribution in [2.45, 2.75) is 52.0 Å². The van der Waals surface area contributed by atoms with E-state index < -0.39 is 0 Å². The first kappa shape index (κ1) is 19.9. The lowest BCUT2D eigenvalue weighted by Gasteiger charge is -2.23. The minimum Gasteiger partial charge on any atom is -0.351 e. The molecule has 3 aromatic rings. The second kappa shape index (κ2) is 8.95. The highest BCUT2D eigenvalue weighted by Gasteiger charge is 2.16. The first-order valence-electron chi connectivity index (χ1n) is 10.3. The smallest absolute Gasteiger partial charge is 0.225 e. The molecule has 0 radical (unpaired) electrons. The highest BCUT2D eigenvalue weighted by Crippen LogP contribution is 2.30. The van der Waals surface area contributed by atoms with Crippen LogP contribution in [0.1, 0.15) is 43.2 Å². The molecule has 1 heterocycles. The van der Waals surface area contributed by atoms with E-state index in [2.05, 4.69) is 64.7 Å². The number of benzene rings is 2. The molecule has 5 heteroatoms. The van der Waals surface area contributed by atoms with Crippen LogP contribution in [0.2, 0.25) is 0 Å². The van der Waals surface area contributed by atoms with Crippen molar-refractivity contribution in [2.24, 2.45) is 0 Å². The van der Waals surface area contributed by atoms with Gasteiger partial charge < -0.3 is 10.6 Å². The number of anilines is 3. The SMILES string of the molecule is Cc1cc(Br)cc(C)c1Nc1cc(-c2ccccc2)nc(NC2CCCCC2)n1. The molecule has 0 saturated heterocycles. The number of aryl methyl sites for hydroxylation is 2. The molecule has 1 aliphatic rings. The molecule has 1 aliphatic carbocycles. The van der Waals surface area contributed by atoms with Gasteiger partial charge in [-0.1, -0.05) is 65.5 Å². The summed E-state index contributed by atoms with van der Waals surface area (Å²) in [6, 6.07) is 17.0. The zero-order valence-corrected chi connectivity index (χ0v) is 18.6. The van der Waals surface area contributed by atoms with Gasteiger partial charge in [0.1, 0.15) is 5.82 Å². The average Bonchev–Trinajstić information content (AvgIpc) is 2.72. The van der Waals surface area contributed by atoms with Crippen molar-refractivity contribution in [3.8, 4) is 11.3 Å². The summed E-state index contributed by atoms with van der Waals surface area (Å²) in [5.41, 5.74) is 5.47. The van der Waals surface area contributed by atoms with E-state index in [1.165, 1.54) is 43.2 Å². The van der Waals surface area contributed by atoms with Crippen LogP contribution in [0, 0.1) is 13.8 Å². The van der Waals surface area contributed by atoms with Crippen LogP contribution in [-0.2, 0) is 0 Å². The highest BCUT2D eigenvalue weighted by atomic mass is 79.9. The van der Waals surface area contributed by atoms with Crippen LogP contribution >= 0.6 is 15.9 Å². The molecule has 0 bridgehead atoms. The molecule has 0 spiro atoms. The maximum atomic E-state index is 4.83. The Balaban J connectivity index is 1.69. The Bertz CT molecular complexity index is 958. The molecule has 29 heavy (non-hydrogen) atoms. The Kier molecular flexibility index (Phi) is 6.14. The summed E-state index contributed by atoms with van der Waals surface area (Å²) in [5.74, 6) is 1.51. The number of hydrogen-bond donors (Lipinski definition) is 2. The number of rotatable bonds is 5. The summed E-state index contributed by atoms with van der Waals surface area (Å²) in [4.78, 5) is 9.64. The lowest BCUT2D eigenvalue weighted by Crippen LogP contribution is -2.23. The van der Waals surface area contributed by atoms with E-state index in [1.807, 2.05) is 24.3 Å². The largest absolute Gasteiger partial charge is 0.351 e. The number of nitrogens with one attached hydrogen (secondary N) is 2. The van der Waals surface area contributed by atoms with Gasteiger partial charge >= 0.3 is 0 Å². The third-order valence-electron chi connectivity index (χ3n) is 5.48. The van der Waals surface area contributed by atoms with E-state index in [-0.39, 0.29) is 0 Å². The molecule has 1 fully saturated rings. The Morgan fingerprint density at radius 3 is 2.28 bits per heavy atom. The Labute approximate surface area is 181 Å². The van der Waals surface area contributed by atoms with Gasteiger partial charge in [-0.05, 0) is 49.9 Å². The fourth-order valence-corrected chi connectivity index (χ4v) is 4.68. The third-order valence-corrected chi connectivity index (χ3v) is 5.94. The van der Waals surface area contributed by atoms with E-state index in [9.17, 15) is 0 Å². The molecule has 0 atom stereocenters. The second-order valence-corrected chi connectivity index (χ2v) is 8.76. The molecule has 150 valence electrons. The highest BCUT2D eigenvalue weighted by molar-refractivity contribution is 9.10. The molecule has 0 unspecified atom stereocenters. The molecule has 1 aromatic heterocycles. The zero-order chi connectivity index (χ0) is 20.2. The van der Waals surface area contributed by atoms with Gasteiger partial charge in [-0.2, -0.15) is 4.98 Å². The normalized spacial score (nSPS) is 14.6. The van der Waals surface area contributed by atoms with Crippen LogP contribution < -0.4 is 10.6 Å². The van der Waals surface area contributed by atoms with Crippen LogP contribution in [0.25, 0.3) is 11.3 Å². The van der Waals surface area contributed by atoms with E-state index >= 15 is 0 Å². The molecule has 4 rings (SSSR count). The number of nitrogens with zero attached hydrogens (tertiary/aromatic N) is 2. The van der Waals surface area contributed by atoms with Crippen LogP contribution in [0.4, 0.5) is 17.5 Å². The van der Waals surface area contributed by atoms with Crippen LogP contribution in [0.15, 0.2) is 53.0 Å². The fraction of sp³-hybridized carbons (Fsp3) is 0.333. The summed E-state index contributed by atoms with van der Waals surface area (Å²) < 4.78 is 1.09. The monoisotopic (exact) mass is 450 g/mol. The van der Waals surface area contributed by atoms with Crippen LogP contribution in [0.3, 0.4) is 0 Å². The fourth-order valence-electron chi connectivity index (χ4n) is 4.00. The van der Waals surface area contributed by atoms with E-state index in [4.69, 9.17) is 9.97 Å². The number of hydrogen-bond acceptors (Lipinski definition) is 4. The standard InChI is InChI=1S/C24H27BrN4/c1-16-13-19(25)14-17(2)23(16)28-22-15-21(18-9-5-3-6-10-18)27-24(29-22)26-20-11-7-4-8-12-20/h3,5-6,9-10,13-15,20H,4,7-8,11-12H2,1-2H3,(H2,26,27,28,29). The first-order chi connectivity index (χ1) is 14.1. The molecule has 4 nitrogen and oxygen atoms in total. The first-order valence-corrected chi connectivity index (χ1v) is 11.1. The van der Waals surface area contributed by atoms with Gasteiger partial charge in [0.25, 0.3) is 0 Å². The lowest BCUT2D eigenvalue weighted by atomic mass is 9.96. The van der Waals surface area contributed by atoms with Gasteiger partial charge in [0.05, 0.1) is 5.69 Å². The molecule has 2 aromatic carbocycles. The summed E-state index contributed by atoms with van der Waals surface area (Å²) in [7, 11) is 0. The molecule has 0 aliphatic heterocycles. The molecular formula is C24H27BrN4. The summed E-state index contributed by atoms with van der Waals surface area (Å²) >= 11 is 3.58. The summed E-state index contributed by atoms with van der Waals surface area (Å²) in [5, 5.41) is 7.13. The quantitative estimate of drug-likeness (QED) is 0.438. The zero-order valence-electron chi connectivity index (χ0n) is 17.0. The molecule has 1 saturated carbocycles. The van der Waals surface area contributed by atoms with Crippen molar-refractivity contribution in [1.29, 1.82) is 0 Å². The molecular weight excluding hydrogens is 424 g/mol. The predicted octanol–water partition coefficient (Wildman–Crippen LogP) is 7.01. The van der Waals surface area contributed by atoms with Gasteiger partial charge in [0.2, 0.25) is 5.95 Å². The van der Waals surface area contributed by atoms with Crippen molar-refractivity contribution in [1.82, 2.24) is 9.97 Å². The van der Waals surface area contributed by atoms with Gasteiger partial charge in [0.15, 0.2) is 0 Å². The van der Waals surface area contributed by atoms with Gasteiger partial charge in [-0.25, -0.2) is 4.98 Å². The second-order valence-electron chi connectivity index (χ2n) is 7.85. The Hall–Kier alpha value is -2.40. The van der Waals surface area contributed by atoms with Crippen molar-refractivity contribution in [3.63, 3.8) is 0 Å². The van der Waals surface area contributed by atoms with Crippen LogP contribution in [-0.4, -0.2) is 16.0 Å². The summed E-state index contributed by atoms with van der Waals surface area (Å²) in [6.07, 6.45) is 6.26. The molecule has 2 N–H and O–H groups in total. The van der Waals surface area contributed by atoms with Gasteiger partial charge in [-0.3, -0.25) is 0 Å². The van der Waals surface area contributed by atoms with Crippen molar-refractivity contribution < 1.29 is 0 Å².